The number of hydrogen-bond donors (Lipinski definition) is 0. The van der Waals surface area contributed by atoms with Gasteiger partial charge in [-0.2, -0.15) is 0 Å². The number of allylic oxidation sites excluding steroid dienone is 4. The molecule has 0 N–H and O–H groups in total. The van der Waals surface area contributed by atoms with Gasteiger partial charge in [0, 0.05) is 19.3 Å². The molecule has 0 rings (SSSR count). The maximum atomic E-state index is 12.9. The van der Waals surface area contributed by atoms with Crippen LogP contribution in [0, 0.1) is 0 Å². The Bertz CT molecular complexity index is 1100. The molecule has 0 aliphatic rings. The number of hydrogen-bond acceptors (Lipinski definition) is 6. The standard InChI is InChI=1S/C62H116O6/c1-4-7-10-13-16-19-22-25-28-30-32-34-37-40-43-46-49-52-55-61(64)67-58-59(57-66-60(63)54-51-48-45-42-39-36-33-27-24-21-18-15-12-9-6-3)68-62(65)56-53-50-47-44-41-38-35-31-29-26-23-20-17-14-11-8-5-2/h26,28-30,59H,4-25,27,31-58H2,1-3H3/b29-26-,30-28-. The molecule has 1 atom stereocenters. The van der Waals surface area contributed by atoms with Gasteiger partial charge in [-0.05, 0) is 70.6 Å². The quantitative estimate of drug-likeness (QED) is 0.0262. The van der Waals surface area contributed by atoms with Crippen LogP contribution in [0.1, 0.15) is 335 Å². The highest BCUT2D eigenvalue weighted by Gasteiger charge is 2.19. The first kappa shape index (κ1) is 65.9. The van der Waals surface area contributed by atoms with Crippen LogP contribution in [0.3, 0.4) is 0 Å². The van der Waals surface area contributed by atoms with E-state index in [0.29, 0.717) is 19.3 Å². The molecule has 0 amide bonds. The molecule has 0 heterocycles. The van der Waals surface area contributed by atoms with Crippen molar-refractivity contribution in [3.63, 3.8) is 0 Å². The fourth-order valence-corrected chi connectivity index (χ4v) is 9.08. The summed E-state index contributed by atoms with van der Waals surface area (Å²) >= 11 is 0. The minimum Gasteiger partial charge on any atom is -0.462 e. The molecule has 0 saturated heterocycles. The zero-order valence-corrected chi connectivity index (χ0v) is 45.9. The van der Waals surface area contributed by atoms with Crippen LogP contribution in [0.2, 0.25) is 0 Å². The second-order valence-corrected chi connectivity index (χ2v) is 20.6. The van der Waals surface area contributed by atoms with Gasteiger partial charge in [-0.25, -0.2) is 0 Å². The van der Waals surface area contributed by atoms with E-state index in [4.69, 9.17) is 14.2 Å². The van der Waals surface area contributed by atoms with E-state index in [1.807, 2.05) is 0 Å². The molecule has 0 radical (unpaired) electrons. The predicted octanol–water partition coefficient (Wildman–Crippen LogP) is 20.3. The van der Waals surface area contributed by atoms with Gasteiger partial charge in [-0.1, -0.05) is 270 Å². The van der Waals surface area contributed by atoms with Crippen LogP contribution < -0.4 is 0 Å². The third kappa shape index (κ3) is 54.8. The average molecular weight is 958 g/mol. The SMILES string of the molecule is CCCCCCCC/C=C\CCCCCCCCCC(=O)OC(COC(=O)CCCCCCCCC/C=C\CCCCCCCCC)COC(=O)CCCCCCCCCCCCCCCCC. The second-order valence-electron chi connectivity index (χ2n) is 20.6. The van der Waals surface area contributed by atoms with Crippen molar-refractivity contribution in [3.8, 4) is 0 Å². The van der Waals surface area contributed by atoms with E-state index in [0.717, 1.165) is 57.8 Å². The Hall–Kier alpha value is -2.11. The second kappa shape index (κ2) is 57.5. The maximum Gasteiger partial charge on any atom is 0.306 e. The first-order valence-electron chi connectivity index (χ1n) is 30.3. The fraction of sp³-hybridized carbons (Fsp3) is 0.887. The van der Waals surface area contributed by atoms with E-state index in [-0.39, 0.29) is 31.1 Å². The zero-order valence-electron chi connectivity index (χ0n) is 45.9. The lowest BCUT2D eigenvalue weighted by Crippen LogP contribution is -2.30. The number of rotatable bonds is 56. The number of carbonyl (C=O) groups is 3. The Labute approximate surface area is 423 Å². The molecule has 0 aromatic rings. The smallest absolute Gasteiger partial charge is 0.306 e. The number of ether oxygens (including phenoxy) is 3. The largest absolute Gasteiger partial charge is 0.462 e. The molecule has 0 aromatic heterocycles. The first-order chi connectivity index (χ1) is 33.5. The lowest BCUT2D eigenvalue weighted by atomic mass is 10.0. The van der Waals surface area contributed by atoms with E-state index in [1.165, 1.54) is 238 Å². The van der Waals surface area contributed by atoms with Gasteiger partial charge in [-0.15, -0.1) is 0 Å². The van der Waals surface area contributed by atoms with Gasteiger partial charge in [0.25, 0.3) is 0 Å². The molecule has 6 nitrogen and oxygen atoms in total. The topological polar surface area (TPSA) is 78.9 Å². The molecule has 6 heteroatoms. The summed E-state index contributed by atoms with van der Waals surface area (Å²) < 4.78 is 16.9. The summed E-state index contributed by atoms with van der Waals surface area (Å²) in [4.78, 5) is 38.2. The molecular weight excluding hydrogens is 841 g/mol. The summed E-state index contributed by atoms with van der Waals surface area (Å²) in [6, 6.07) is 0. The van der Waals surface area contributed by atoms with Crippen molar-refractivity contribution >= 4 is 17.9 Å². The van der Waals surface area contributed by atoms with Crippen molar-refractivity contribution in [3.05, 3.63) is 24.3 Å². The Kier molecular flexibility index (Phi) is 55.7. The normalized spacial score (nSPS) is 12.1. The molecule has 400 valence electrons. The van der Waals surface area contributed by atoms with Crippen molar-refractivity contribution in [2.45, 2.75) is 341 Å². The monoisotopic (exact) mass is 957 g/mol. The van der Waals surface area contributed by atoms with Gasteiger partial charge in [0.15, 0.2) is 6.10 Å². The maximum absolute atomic E-state index is 12.9. The van der Waals surface area contributed by atoms with Crippen LogP contribution in [0.15, 0.2) is 24.3 Å². The predicted molar refractivity (Wildman–Crippen MR) is 293 cm³/mol. The molecule has 0 aromatic carbocycles. The highest BCUT2D eigenvalue weighted by Crippen LogP contribution is 2.17. The number of carbonyl (C=O) groups excluding carboxylic acids is 3. The molecular formula is C62H116O6. The van der Waals surface area contributed by atoms with Crippen LogP contribution in [0.5, 0.6) is 0 Å². The first-order valence-corrected chi connectivity index (χ1v) is 30.3. The van der Waals surface area contributed by atoms with Crippen LogP contribution in [0.4, 0.5) is 0 Å². The van der Waals surface area contributed by atoms with Crippen molar-refractivity contribution in [1.82, 2.24) is 0 Å². The lowest BCUT2D eigenvalue weighted by molar-refractivity contribution is -0.167. The summed E-state index contributed by atoms with van der Waals surface area (Å²) in [5, 5.41) is 0. The van der Waals surface area contributed by atoms with Gasteiger partial charge >= 0.3 is 17.9 Å². The van der Waals surface area contributed by atoms with E-state index < -0.39 is 6.10 Å². The molecule has 0 saturated carbocycles. The van der Waals surface area contributed by atoms with Crippen molar-refractivity contribution < 1.29 is 28.6 Å². The van der Waals surface area contributed by atoms with Gasteiger partial charge in [0.1, 0.15) is 13.2 Å². The molecule has 0 bridgehead atoms. The summed E-state index contributed by atoms with van der Waals surface area (Å²) in [5.74, 6) is -0.856. The van der Waals surface area contributed by atoms with Crippen LogP contribution in [-0.2, 0) is 28.6 Å². The van der Waals surface area contributed by atoms with Crippen LogP contribution >= 0.6 is 0 Å². The Morgan fingerprint density at radius 2 is 0.485 bits per heavy atom. The zero-order chi connectivity index (χ0) is 49.3. The fourth-order valence-electron chi connectivity index (χ4n) is 9.08. The third-order valence-electron chi connectivity index (χ3n) is 13.7. The van der Waals surface area contributed by atoms with Crippen molar-refractivity contribution in [1.29, 1.82) is 0 Å². The van der Waals surface area contributed by atoms with E-state index >= 15 is 0 Å². The summed E-state index contributed by atoms with van der Waals surface area (Å²) in [6.07, 6.45) is 67.4. The minimum absolute atomic E-state index is 0.0696. The van der Waals surface area contributed by atoms with E-state index in [9.17, 15) is 14.4 Å². The van der Waals surface area contributed by atoms with E-state index in [2.05, 4.69) is 45.1 Å². The van der Waals surface area contributed by atoms with Crippen LogP contribution in [-0.4, -0.2) is 37.2 Å². The minimum atomic E-state index is -0.772. The van der Waals surface area contributed by atoms with Crippen molar-refractivity contribution in [2.24, 2.45) is 0 Å². The average Bonchev–Trinajstić information content (AvgIpc) is 3.34. The summed E-state index contributed by atoms with van der Waals surface area (Å²) in [7, 11) is 0. The number of unbranched alkanes of at least 4 members (excludes halogenated alkanes) is 41. The van der Waals surface area contributed by atoms with Gasteiger partial charge in [0.05, 0.1) is 0 Å². The summed E-state index contributed by atoms with van der Waals surface area (Å²) in [6.45, 7) is 6.68. The Morgan fingerprint density at radius 3 is 0.735 bits per heavy atom. The van der Waals surface area contributed by atoms with Gasteiger partial charge in [-0.3, -0.25) is 14.4 Å². The third-order valence-corrected chi connectivity index (χ3v) is 13.7. The summed E-state index contributed by atoms with van der Waals surface area (Å²) in [5.41, 5.74) is 0. The highest BCUT2D eigenvalue weighted by atomic mass is 16.6. The van der Waals surface area contributed by atoms with Crippen molar-refractivity contribution in [2.75, 3.05) is 13.2 Å². The van der Waals surface area contributed by atoms with Gasteiger partial charge < -0.3 is 14.2 Å². The highest BCUT2D eigenvalue weighted by molar-refractivity contribution is 5.71. The molecule has 0 aliphatic heterocycles. The lowest BCUT2D eigenvalue weighted by Gasteiger charge is -2.18. The van der Waals surface area contributed by atoms with Gasteiger partial charge in [0.2, 0.25) is 0 Å². The number of esters is 3. The molecule has 0 spiro atoms. The van der Waals surface area contributed by atoms with E-state index in [1.54, 1.807) is 0 Å². The van der Waals surface area contributed by atoms with Crippen LogP contribution in [0.25, 0.3) is 0 Å². The molecule has 1 unspecified atom stereocenters. The molecule has 0 aliphatic carbocycles. The Balaban J connectivity index is 4.34. The Morgan fingerprint density at radius 1 is 0.279 bits per heavy atom. The molecule has 0 fully saturated rings. The molecule has 68 heavy (non-hydrogen) atoms.